The molecule has 0 fully saturated rings. The lowest BCUT2D eigenvalue weighted by Crippen LogP contribution is -2.36. The summed E-state index contributed by atoms with van der Waals surface area (Å²) in [6.07, 6.45) is 0.472. The molecular formula is C15H17N3O3. The second-order valence-electron chi connectivity index (χ2n) is 4.16. The number of hydrogen-bond acceptors (Lipinski definition) is 5. The number of rotatable bonds is 8. The Bertz CT molecular complexity index is 511. The topological polar surface area (TPSA) is 86.3 Å². The van der Waals surface area contributed by atoms with Gasteiger partial charge in [-0.1, -0.05) is 0 Å². The molecule has 0 aliphatic rings. The third-order valence-corrected chi connectivity index (χ3v) is 2.76. The molecule has 0 spiro atoms. The Hall–Kier alpha value is -2.73. The first-order chi connectivity index (χ1) is 10.2. The van der Waals surface area contributed by atoms with E-state index in [2.05, 4.69) is 0 Å². The Morgan fingerprint density at radius 2 is 1.62 bits per heavy atom. The third kappa shape index (κ3) is 5.84. The fourth-order valence-corrected chi connectivity index (χ4v) is 1.64. The first-order valence-corrected chi connectivity index (χ1v) is 6.49. The molecule has 110 valence electrons. The molecular weight excluding hydrogens is 270 g/mol. The molecule has 0 bridgehead atoms. The van der Waals surface area contributed by atoms with Crippen LogP contribution in [0.15, 0.2) is 24.3 Å². The largest absolute Gasteiger partial charge is 0.497 e. The zero-order chi connectivity index (χ0) is 15.5. The average Bonchev–Trinajstić information content (AvgIpc) is 2.53. The molecule has 0 saturated heterocycles. The van der Waals surface area contributed by atoms with Crippen molar-refractivity contribution in [2.45, 2.75) is 12.8 Å². The van der Waals surface area contributed by atoms with E-state index in [1.807, 2.05) is 12.1 Å². The van der Waals surface area contributed by atoms with Crippen molar-refractivity contribution in [3.63, 3.8) is 0 Å². The molecule has 0 atom stereocenters. The summed E-state index contributed by atoms with van der Waals surface area (Å²) in [5, 5.41) is 17.2. The van der Waals surface area contributed by atoms with E-state index < -0.39 is 0 Å². The summed E-state index contributed by atoms with van der Waals surface area (Å²) in [5.74, 6) is 1.03. The number of hydrogen-bond donors (Lipinski definition) is 0. The Morgan fingerprint density at radius 1 is 1.10 bits per heavy atom. The molecule has 0 aromatic heterocycles. The minimum atomic E-state index is -0.240. The van der Waals surface area contributed by atoms with Gasteiger partial charge in [0.15, 0.2) is 6.61 Å². The van der Waals surface area contributed by atoms with Crippen molar-refractivity contribution in [1.29, 1.82) is 10.5 Å². The molecule has 0 aliphatic carbocycles. The van der Waals surface area contributed by atoms with E-state index in [0.29, 0.717) is 24.6 Å². The summed E-state index contributed by atoms with van der Waals surface area (Å²) in [4.78, 5) is 13.5. The quantitative estimate of drug-likeness (QED) is 0.726. The maximum absolute atomic E-state index is 12.0. The van der Waals surface area contributed by atoms with Gasteiger partial charge in [-0.2, -0.15) is 10.5 Å². The molecule has 0 saturated carbocycles. The van der Waals surface area contributed by atoms with Crippen molar-refractivity contribution in [2.75, 3.05) is 26.8 Å². The second-order valence-corrected chi connectivity index (χ2v) is 4.16. The minimum absolute atomic E-state index is 0.122. The number of benzene rings is 1. The molecule has 0 unspecified atom stereocenters. The van der Waals surface area contributed by atoms with Crippen LogP contribution in [0.3, 0.4) is 0 Å². The van der Waals surface area contributed by atoms with Crippen LogP contribution in [-0.2, 0) is 4.79 Å². The van der Waals surface area contributed by atoms with Crippen molar-refractivity contribution in [1.82, 2.24) is 4.90 Å². The summed E-state index contributed by atoms with van der Waals surface area (Å²) in [7, 11) is 1.57. The van der Waals surface area contributed by atoms with Crippen LogP contribution in [0, 0.1) is 22.7 Å². The molecule has 21 heavy (non-hydrogen) atoms. The zero-order valence-corrected chi connectivity index (χ0v) is 11.9. The van der Waals surface area contributed by atoms with Crippen LogP contribution in [0.25, 0.3) is 0 Å². The zero-order valence-electron chi connectivity index (χ0n) is 11.9. The number of nitrogens with zero attached hydrogens (tertiary/aromatic N) is 3. The van der Waals surface area contributed by atoms with Crippen LogP contribution in [0.4, 0.5) is 0 Å². The van der Waals surface area contributed by atoms with Gasteiger partial charge >= 0.3 is 0 Å². The summed E-state index contributed by atoms with van der Waals surface area (Å²) in [6, 6.07) is 10.9. The molecule has 1 aromatic carbocycles. The molecule has 6 heteroatoms. The van der Waals surface area contributed by atoms with E-state index in [1.54, 1.807) is 31.4 Å². The molecule has 0 N–H and O–H groups in total. The molecule has 1 aromatic rings. The van der Waals surface area contributed by atoms with Crippen molar-refractivity contribution < 1.29 is 14.3 Å². The number of methoxy groups -OCH3 is 1. The Balaban J connectivity index is 2.51. The predicted octanol–water partition coefficient (Wildman–Crippen LogP) is 1.73. The lowest BCUT2D eigenvalue weighted by Gasteiger charge is -2.20. The Labute approximate surface area is 124 Å². The van der Waals surface area contributed by atoms with E-state index in [1.165, 1.54) is 4.90 Å². The molecule has 1 rings (SSSR count). The number of carbonyl (C=O) groups excluding carboxylic acids is 1. The van der Waals surface area contributed by atoms with Gasteiger partial charge in [-0.25, -0.2) is 0 Å². The standard InChI is InChI=1S/C15H17N3O3/c1-20-13-4-6-14(7-5-13)21-12-15(19)18(10-2-8-16)11-3-9-17/h4-7H,2-3,10-12H2,1H3. The van der Waals surface area contributed by atoms with Crippen LogP contribution in [-0.4, -0.2) is 37.6 Å². The molecule has 0 heterocycles. The minimum Gasteiger partial charge on any atom is -0.497 e. The van der Waals surface area contributed by atoms with Crippen LogP contribution >= 0.6 is 0 Å². The van der Waals surface area contributed by atoms with Gasteiger partial charge in [-0.3, -0.25) is 4.79 Å². The molecule has 0 aliphatic heterocycles. The summed E-state index contributed by atoms with van der Waals surface area (Å²) in [5.41, 5.74) is 0. The monoisotopic (exact) mass is 287 g/mol. The maximum Gasteiger partial charge on any atom is 0.260 e. The predicted molar refractivity (Wildman–Crippen MR) is 75.5 cm³/mol. The average molecular weight is 287 g/mol. The second kappa shape index (κ2) is 9.22. The van der Waals surface area contributed by atoms with Gasteiger partial charge in [0.2, 0.25) is 0 Å². The van der Waals surface area contributed by atoms with Crippen LogP contribution in [0.2, 0.25) is 0 Å². The van der Waals surface area contributed by atoms with Crippen molar-refractivity contribution >= 4 is 5.91 Å². The lowest BCUT2D eigenvalue weighted by atomic mass is 10.3. The molecule has 0 radical (unpaired) electrons. The van der Waals surface area contributed by atoms with Crippen molar-refractivity contribution in [2.24, 2.45) is 0 Å². The smallest absolute Gasteiger partial charge is 0.260 e. The van der Waals surface area contributed by atoms with E-state index in [0.717, 1.165) is 0 Å². The van der Waals surface area contributed by atoms with Crippen LogP contribution in [0.1, 0.15) is 12.8 Å². The summed E-state index contributed by atoms with van der Waals surface area (Å²) in [6.45, 7) is 0.495. The number of nitriles is 2. The van der Waals surface area contributed by atoms with Gasteiger partial charge < -0.3 is 14.4 Å². The number of ether oxygens (including phenoxy) is 2. The SMILES string of the molecule is COc1ccc(OCC(=O)N(CCC#N)CCC#N)cc1. The first-order valence-electron chi connectivity index (χ1n) is 6.49. The highest BCUT2D eigenvalue weighted by molar-refractivity contribution is 5.77. The van der Waals surface area contributed by atoms with Crippen molar-refractivity contribution in [3.8, 4) is 23.6 Å². The van der Waals surface area contributed by atoms with Crippen LogP contribution < -0.4 is 9.47 Å². The lowest BCUT2D eigenvalue weighted by molar-refractivity contribution is -0.133. The maximum atomic E-state index is 12.0. The van der Waals surface area contributed by atoms with E-state index in [-0.39, 0.29) is 25.4 Å². The van der Waals surface area contributed by atoms with Gasteiger partial charge in [-0.15, -0.1) is 0 Å². The highest BCUT2D eigenvalue weighted by Gasteiger charge is 2.13. The molecule has 6 nitrogen and oxygen atoms in total. The summed E-state index contributed by atoms with van der Waals surface area (Å²) < 4.78 is 10.4. The van der Waals surface area contributed by atoms with Crippen LogP contribution in [0.5, 0.6) is 11.5 Å². The molecule has 1 amide bonds. The highest BCUT2D eigenvalue weighted by Crippen LogP contribution is 2.16. The van der Waals surface area contributed by atoms with Gasteiger partial charge in [0.25, 0.3) is 5.91 Å². The summed E-state index contributed by atoms with van der Waals surface area (Å²) >= 11 is 0. The first kappa shape index (κ1) is 16.3. The Morgan fingerprint density at radius 3 is 2.10 bits per heavy atom. The van der Waals surface area contributed by atoms with E-state index in [9.17, 15) is 4.79 Å². The fourth-order valence-electron chi connectivity index (χ4n) is 1.64. The van der Waals surface area contributed by atoms with Crippen molar-refractivity contribution in [3.05, 3.63) is 24.3 Å². The number of amides is 1. The normalized spacial score (nSPS) is 9.29. The van der Waals surface area contributed by atoms with E-state index >= 15 is 0 Å². The van der Waals surface area contributed by atoms with Gasteiger partial charge in [-0.05, 0) is 24.3 Å². The van der Waals surface area contributed by atoms with Gasteiger partial charge in [0.1, 0.15) is 11.5 Å². The fraction of sp³-hybridized carbons (Fsp3) is 0.400. The highest BCUT2D eigenvalue weighted by atomic mass is 16.5. The Kier molecular flexibility index (Phi) is 7.17. The van der Waals surface area contributed by atoms with Gasteiger partial charge in [0.05, 0.1) is 32.1 Å². The van der Waals surface area contributed by atoms with Gasteiger partial charge in [0, 0.05) is 13.1 Å². The third-order valence-electron chi connectivity index (χ3n) is 2.76. The van der Waals surface area contributed by atoms with E-state index in [4.69, 9.17) is 20.0 Å². The number of carbonyl (C=O) groups is 1.